The van der Waals surface area contributed by atoms with Gasteiger partial charge in [0.2, 0.25) is 0 Å². The summed E-state index contributed by atoms with van der Waals surface area (Å²) < 4.78 is 20.4. The van der Waals surface area contributed by atoms with Crippen LogP contribution in [0.2, 0.25) is 0 Å². The quantitative estimate of drug-likeness (QED) is 0.607. The lowest BCUT2D eigenvalue weighted by molar-refractivity contribution is 0.0443. The molecule has 1 amide bonds. The highest BCUT2D eigenvalue weighted by molar-refractivity contribution is 5.93. The molecule has 0 fully saturated rings. The summed E-state index contributed by atoms with van der Waals surface area (Å²) in [5.41, 5.74) is 0.276. The van der Waals surface area contributed by atoms with E-state index in [4.69, 9.17) is 13.9 Å². The van der Waals surface area contributed by atoms with E-state index in [-0.39, 0.29) is 17.7 Å². The molecule has 0 bridgehead atoms. The highest BCUT2D eigenvalue weighted by Crippen LogP contribution is 2.18. The summed E-state index contributed by atoms with van der Waals surface area (Å²) >= 11 is 0. The van der Waals surface area contributed by atoms with Gasteiger partial charge in [-0.15, -0.1) is 0 Å². The number of anilines is 1. The molecule has 8 nitrogen and oxygen atoms in total. The molecular weight excluding hydrogens is 366 g/mol. The first-order valence-electron chi connectivity index (χ1n) is 8.54. The average Bonchev–Trinajstić information content (AvgIpc) is 2.98. The smallest absolute Gasteiger partial charge is 0.412 e. The van der Waals surface area contributed by atoms with Gasteiger partial charge in [-0.3, -0.25) is 5.32 Å². The van der Waals surface area contributed by atoms with Crippen LogP contribution in [0.1, 0.15) is 53.0 Å². The topological polar surface area (TPSA) is 104 Å². The highest BCUT2D eigenvalue weighted by Gasteiger charge is 2.18. The van der Waals surface area contributed by atoms with Crippen LogP contribution in [-0.2, 0) is 20.8 Å². The van der Waals surface area contributed by atoms with Gasteiger partial charge in [0.25, 0.3) is 0 Å². The van der Waals surface area contributed by atoms with E-state index in [1.54, 1.807) is 45.9 Å². The van der Waals surface area contributed by atoms with Crippen LogP contribution < -0.4 is 5.32 Å². The summed E-state index contributed by atoms with van der Waals surface area (Å²) in [6.45, 7) is 6.72. The van der Waals surface area contributed by atoms with Crippen LogP contribution in [0.4, 0.5) is 10.5 Å². The molecule has 1 aromatic heterocycles. The third-order valence-electron chi connectivity index (χ3n) is 3.46. The predicted molar refractivity (Wildman–Crippen MR) is 100 cm³/mol. The Morgan fingerprint density at radius 1 is 1.11 bits per heavy atom. The minimum absolute atomic E-state index is 0.152. The summed E-state index contributed by atoms with van der Waals surface area (Å²) in [6.07, 6.45) is -0.626. The maximum absolute atomic E-state index is 12.3. The van der Waals surface area contributed by atoms with Crippen molar-refractivity contribution in [2.45, 2.75) is 39.9 Å². The number of furan rings is 1. The Morgan fingerprint density at radius 3 is 2.46 bits per heavy atom. The highest BCUT2D eigenvalue weighted by atomic mass is 16.6. The third-order valence-corrected chi connectivity index (χ3v) is 3.46. The van der Waals surface area contributed by atoms with E-state index in [9.17, 15) is 14.4 Å². The van der Waals surface area contributed by atoms with Crippen LogP contribution in [-0.4, -0.2) is 30.7 Å². The molecule has 0 saturated heterocycles. The summed E-state index contributed by atoms with van der Waals surface area (Å²) in [4.78, 5) is 35.7. The van der Waals surface area contributed by atoms with Crippen LogP contribution in [0.15, 0.2) is 34.7 Å². The molecule has 150 valence electrons. The van der Waals surface area contributed by atoms with Crippen LogP contribution in [0.3, 0.4) is 0 Å². The van der Waals surface area contributed by atoms with E-state index in [2.05, 4.69) is 10.1 Å². The molecule has 0 aliphatic rings. The van der Waals surface area contributed by atoms with Crippen molar-refractivity contribution in [2.24, 2.45) is 0 Å². The number of methoxy groups -OCH3 is 1. The van der Waals surface area contributed by atoms with Gasteiger partial charge in [0.15, 0.2) is 0 Å². The Labute approximate surface area is 162 Å². The fourth-order valence-corrected chi connectivity index (χ4v) is 2.29. The Morgan fingerprint density at radius 2 is 1.82 bits per heavy atom. The first kappa shape index (κ1) is 21.0. The molecule has 0 saturated carbocycles. The zero-order valence-corrected chi connectivity index (χ0v) is 16.5. The number of carbonyl (C=O) groups excluding carboxylic acids is 3. The molecule has 28 heavy (non-hydrogen) atoms. The summed E-state index contributed by atoms with van der Waals surface area (Å²) in [5, 5.41) is 2.56. The second-order valence-corrected chi connectivity index (χ2v) is 6.96. The van der Waals surface area contributed by atoms with E-state index in [0.29, 0.717) is 17.2 Å². The Kier molecular flexibility index (Phi) is 6.45. The van der Waals surface area contributed by atoms with Gasteiger partial charge in [0.1, 0.15) is 29.3 Å². The van der Waals surface area contributed by atoms with Crippen LogP contribution >= 0.6 is 0 Å². The number of carbonyl (C=O) groups is 3. The number of nitrogens with one attached hydrogen (secondary N) is 1. The minimum Gasteiger partial charge on any atom is -0.465 e. The van der Waals surface area contributed by atoms with E-state index >= 15 is 0 Å². The van der Waals surface area contributed by atoms with Gasteiger partial charge >= 0.3 is 18.0 Å². The van der Waals surface area contributed by atoms with Crippen LogP contribution in [0, 0.1) is 6.92 Å². The number of hydrogen-bond acceptors (Lipinski definition) is 7. The Balaban J connectivity index is 1.99. The summed E-state index contributed by atoms with van der Waals surface area (Å²) in [6, 6.07) is 7.72. The molecule has 1 heterocycles. The molecule has 1 N–H and O–H groups in total. The van der Waals surface area contributed by atoms with Gasteiger partial charge < -0.3 is 18.6 Å². The molecule has 0 atom stereocenters. The van der Waals surface area contributed by atoms with Crippen molar-refractivity contribution >= 4 is 23.7 Å². The van der Waals surface area contributed by atoms with Crippen molar-refractivity contribution in [1.29, 1.82) is 0 Å². The number of amides is 1. The molecule has 0 aliphatic heterocycles. The zero-order valence-electron chi connectivity index (χ0n) is 16.5. The predicted octanol–water partition coefficient (Wildman–Crippen LogP) is 4.08. The van der Waals surface area contributed by atoms with Crippen molar-refractivity contribution in [1.82, 2.24) is 0 Å². The van der Waals surface area contributed by atoms with Crippen LogP contribution in [0.5, 0.6) is 0 Å². The van der Waals surface area contributed by atoms with E-state index < -0.39 is 23.6 Å². The normalized spacial score (nSPS) is 10.9. The fraction of sp³-hybridized carbons (Fsp3) is 0.350. The lowest BCUT2D eigenvalue weighted by atomic mass is 10.2. The van der Waals surface area contributed by atoms with Crippen molar-refractivity contribution in [3.8, 4) is 0 Å². The van der Waals surface area contributed by atoms with Crippen molar-refractivity contribution in [3.05, 3.63) is 53.0 Å². The van der Waals surface area contributed by atoms with Crippen LogP contribution in [0.25, 0.3) is 0 Å². The van der Waals surface area contributed by atoms with Gasteiger partial charge in [0.05, 0.1) is 12.7 Å². The van der Waals surface area contributed by atoms with E-state index in [0.717, 1.165) is 0 Å². The lowest BCUT2D eigenvalue weighted by Crippen LogP contribution is -2.27. The zero-order chi connectivity index (χ0) is 20.9. The van der Waals surface area contributed by atoms with Gasteiger partial charge in [-0.05, 0) is 52.0 Å². The first-order valence-corrected chi connectivity index (χ1v) is 8.54. The molecule has 2 aromatic rings. The summed E-state index contributed by atoms with van der Waals surface area (Å²) in [5.74, 6) is -0.447. The molecule has 0 spiro atoms. The maximum atomic E-state index is 12.3. The van der Waals surface area contributed by atoms with Gasteiger partial charge in [-0.2, -0.15) is 0 Å². The second-order valence-electron chi connectivity index (χ2n) is 6.96. The lowest BCUT2D eigenvalue weighted by Gasteiger charge is -2.19. The number of esters is 2. The first-order chi connectivity index (χ1) is 13.1. The largest absolute Gasteiger partial charge is 0.465 e. The SMILES string of the molecule is COC(=O)c1cc(COC(=O)c2cccc(NC(=O)OC(C)(C)C)c2)oc1C. The standard InChI is InChI=1S/C20H23NO7/c1-12-16(18(23)25-5)10-15(27-12)11-26-17(22)13-7-6-8-14(9-13)21-19(24)28-20(2,3)4/h6-10H,11H2,1-5H3,(H,21,24). The van der Waals surface area contributed by atoms with Crippen molar-refractivity contribution < 1.29 is 33.0 Å². The number of rotatable bonds is 5. The van der Waals surface area contributed by atoms with E-state index in [1.807, 2.05) is 0 Å². The molecular formula is C20H23NO7. The molecule has 2 rings (SSSR count). The molecule has 8 heteroatoms. The average molecular weight is 389 g/mol. The maximum Gasteiger partial charge on any atom is 0.412 e. The van der Waals surface area contributed by atoms with E-state index in [1.165, 1.54) is 19.2 Å². The number of aryl methyl sites for hydroxylation is 1. The molecule has 0 unspecified atom stereocenters. The van der Waals surface area contributed by atoms with Crippen molar-refractivity contribution in [2.75, 3.05) is 12.4 Å². The number of benzene rings is 1. The molecule has 1 aromatic carbocycles. The second kappa shape index (κ2) is 8.60. The number of ether oxygens (including phenoxy) is 3. The van der Waals surface area contributed by atoms with Gasteiger partial charge in [0, 0.05) is 5.69 Å². The van der Waals surface area contributed by atoms with Gasteiger partial charge in [-0.1, -0.05) is 6.07 Å². The van der Waals surface area contributed by atoms with Gasteiger partial charge in [-0.25, -0.2) is 14.4 Å². The van der Waals surface area contributed by atoms with Crippen molar-refractivity contribution in [3.63, 3.8) is 0 Å². The molecule has 0 aliphatic carbocycles. The number of hydrogen-bond donors (Lipinski definition) is 1. The Bertz CT molecular complexity index is 877. The monoisotopic (exact) mass is 389 g/mol. The minimum atomic E-state index is -0.634. The summed E-state index contributed by atoms with van der Waals surface area (Å²) in [7, 11) is 1.27. The third kappa shape index (κ3) is 5.87. The Hall–Kier alpha value is -3.29. The fourth-order valence-electron chi connectivity index (χ4n) is 2.29. The molecule has 0 radical (unpaired) electrons.